The van der Waals surface area contributed by atoms with Crippen LogP contribution in [-0.2, 0) is 6.18 Å². The van der Waals surface area contributed by atoms with Gasteiger partial charge in [0.15, 0.2) is 11.6 Å². The molecule has 1 aromatic carbocycles. The number of nitrogen functional groups attached to an aromatic ring is 1. The molecule has 150 valence electrons. The number of hydrogen-bond donors (Lipinski definition) is 4. The molecule has 0 aliphatic heterocycles. The average molecular weight is 424 g/mol. The largest absolute Gasteiger partial charge is 0.416 e. The summed E-state index contributed by atoms with van der Waals surface area (Å²) in [6, 6.07) is 5.95. The highest BCUT2D eigenvalue weighted by atomic mass is 35.5. The van der Waals surface area contributed by atoms with Gasteiger partial charge in [0.05, 0.1) is 21.8 Å². The van der Waals surface area contributed by atoms with Gasteiger partial charge in [-0.1, -0.05) is 11.6 Å². The van der Waals surface area contributed by atoms with Crippen molar-refractivity contribution in [3.63, 3.8) is 0 Å². The van der Waals surface area contributed by atoms with Gasteiger partial charge in [-0.25, -0.2) is 9.97 Å². The number of nitrogens with two attached hydrogens (primary N) is 1. The molecule has 12 heteroatoms. The van der Waals surface area contributed by atoms with Crippen LogP contribution in [0.15, 0.2) is 49.1 Å². The van der Waals surface area contributed by atoms with E-state index in [-0.39, 0.29) is 28.0 Å². The zero-order valence-electron chi connectivity index (χ0n) is 14.5. The minimum absolute atomic E-state index is 0.000601. The lowest BCUT2D eigenvalue weighted by atomic mass is 10.2. The Kier molecular flexibility index (Phi) is 5.69. The van der Waals surface area contributed by atoms with Gasteiger partial charge in [-0.3, -0.25) is 20.6 Å². The van der Waals surface area contributed by atoms with Gasteiger partial charge in [-0.05, 0) is 30.3 Å². The molecule has 0 saturated heterocycles. The Morgan fingerprint density at radius 1 is 1.14 bits per heavy atom. The molecule has 29 heavy (non-hydrogen) atoms. The van der Waals surface area contributed by atoms with E-state index in [1.54, 1.807) is 12.1 Å². The summed E-state index contributed by atoms with van der Waals surface area (Å²) in [7, 11) is 0. The minimum Gasteiger partial charge on any atom is -0.393 e. The number of hydrazine groups is 1. The second-order valence-electron chi connectivity index (χ2n) is 5.62. The minimum atomic E-state index is -4.54. The van der Waals surface area contributed by atoms with Crippen molar-refractivity contribution in [2.45, 2.75) is 6.18 Å². The number of nitrogens with one attached hydrogen (secondary N) is 3. The van der Waals surface area contributed by atoms with Crippen molar-refractivity contribution in [2.75, 3.05) is 16.5 Å². The summed E-state index contributed by atoms with van der Waals surface area (Å²) in [6.45, 7) is 0. The Balaban J connectivity index is 1.78. The van der Waals surface area contributed by atoms with Crippen LogP contribution in [0.3, 0.4) is 0 Å². The van der Waals surface area contributed by atoms with E-state index < -0.39 is 17.6 Å². The molecule has 8 nitrogen and oxygen atoms in total. The van der Waals surface area contributed by atoms with Gasteiger partial charge >= 0.3 is 6.18 Å². The van der Waals surface area contributed by atoms with Crippen LogP contribution >= 0.6 is 11.6 Å². The Morgan fingerprint density at radius 2 is 1.90 bits per heavy atom. The third kappa shape index (κ3) is 4.82. The molecular weight excluding hydrogens is 411 g/mol. The first kappa shape index (κ1) is 20.1. The van der Waals surface area contributed by atoms with Gasteiger partial charge in [0, 0.05) is 12.4 Å². The van der Waals surface area contributed by atoms with Crippen molar-refractivity contribution in [1.29, 1.82) is 0 Å². The van der Waals surface area contributed by atoms with Crippen LogP contribution in [0.25, 0.3) is 0 Å². The van der Waals surface area contributed by atoms with Crippen LogP contribution < -0.4 is 21.9 Å². The number of nitrogens with zero attached hydrogens (tertiary/aromatic N) is 3. The Labute approximate surface area is 167 Å². The smallest absolute Gasteiger partial charge is 0.393 e. The lowest BCUT2D eigenvalue weighted by Gasteiger charge is -2.15. The molecule has 0 aliphatic carbocycles. The number of alkyl halides is 3. The van der Waals surface area contributed by atoms with Gasteiger partial charge in [-0.2, -0.15) is 13.2 Å². The van der Waals surface area contributed by atoms with E-state index in [0.29, 0.717) is 5.56 Å². The molecule has 0 aliphatic rings. The van der Waals surface area contributed by atoms with Crippen LogP contribution in [0.5, 0.6) is 0 Å². The number of aromatic nitrogens is 3. The molecule has 5 N–H and O–H groups in total. The fourth-order valence-corrected chi connectivity index (χ4v) is 2.37. The Bertz CT molecular complexity index is 1030. The molecular formula is C17H13ClF3N7O. The Morgan fingerprint density at radius 3 is 2.59 bits per heavy atom. The summed E-state index contributed by atoms with van der Waals surface area (Å²) in [6.07, 6.45) is -0.549. The van der Waals surface area contributed by atoms with Crippen molar-refractivity contribution >= 4 is 40.5 Å². The number of halogens is 4. The molecule has 3 rings (SSSR count). The van der Waals surface area contributed by atoms with Gasteiger partial charge in [0.25, 0.3) is 5.91 Å². The predicted octanol–water partition coefficient (Wildman–Crippen LogP) is 3.63. The number of carbonyl (C=O) groups excluding carboxylic acids is 1. The van der Waals surface area contributed by atoms with Crippen LogP contribution in [0.2, 0.25) is 5.02 Å². The molecule has 2 aromatic heterocycles. The first-order valence-corrected chi connectivity index (χ1v) is 8.34. The van der Waals surface area contributed by atoms with Crippen molar-refractivity contribution in [1.82, 2.24) is 20.4 Å². The van der Waals surface area contributed by atoms with E-state index >= 15 is 0 Å². The number of benzene rings is 1. The second-order valence-corrected chi connectivity index (χ2v) is 6.03. The number of anilines is 4. The average Bonchev–Trinajstić information content (AvgIpc) is 2.69. The highest BCUT2D eigenvalue weighted by Gasteiger charge is 2.31. The summed E-state index contributed by atoms with van der Waals surface area (Å²) >= 11 is 5.97. The first-order chi connectivity index (χ1) is 13.8. The van der Waals surface area contributed by atoms with Crippen LogP contribution in [-0.4, -0.2) is 20.9 Å². The first-order valence-electron chi connectivity index (χ1n) is 7.96. The number of pyridine rings is 1. The third-order valence-corrected chi connectivity index (χ3v) is 3.98. The molecule has 0 fully saturated rings. The lowest BCUT2D eigenvalue weighted by molar-refractivity contribution is -0.137. The number of amides is 1. The maximum absolute atomic E-state index is 12.9. The Hall–Kier alpha value is -3.60. The standard InChI is InChI=1S/C17H13ClF3N7O/c18-11-4-3-10(17(19,20)21)6-12(11)26-14-13(22)15(25-8-24-14)27-28-16(29)9-2-1-5-23-7-9/h1-8H,22H2,(H,28,29)(H2,24,25,26,27). The van der Waals surface area contributed by atoms with Gasteiger partial charge in [-0.15, -0.1) is 0 Å². The fraction of sp³-hybridized carbons (Fsp3) is 0.0588. The van der Waals surface area contributed by atoms with Crippen LogP contribution in [0.1, 0.15) is 15.9 Å². The summed E-state index contributed by atoms with van der Waals surface area (Å²) in [5.74, 6) is -0.464. The summed E-state index contributed by atoms with van der Waals surface area (Å²) in [5.41, 5.74) is 10.2. The molecule has 1 amide bonds. The maximum Gasteiger partial charge on any atom is 0.416 e. The van der Waals surface area contributed by atoms with E-state index in [1.807, 2.05) is 0 Å². The van der Waals surface area contributed by atoms with Crippen molar-refractivity contribution in [2.24, 2.45) is 0 Å². The van der Waals surface area contributed by atoms with Gasteiger partial charge in [0.2, 0.25) is 0 Å². The van der Waals surface area contributed by atoms with E-state index in [2.05, 4.69) is 31.1 Å². The number of hydrogen-bond acceptors (Lipinski definition) is 7. The fourth-order valence-electron chi connectivity index (χ4n) is 2.20. The summed E-state index contributed by atoms with van der Waals surface area (Å²) in [5, 5.41) is 2.68. The monoisotopic (exact) mass is 423 g/mol. The molecule has 0 unspecified atom stereocenters. The van der Waals surface area contributed by atoms with Crippen molar-refractivity contribution in [3.05, 3.63) is 65.2 Å². The van der Waals surface area contributed by atoms with E-state index in [0.717, 1.165) is 24.5 Å². The van der Waals surface area contributed by atoms with E-state index in [1.165, 1.54) is 12.4 Å². The third-order valence-electron chi connectivity index (χ3n) is 3.65. The molecule has 0 spiro atoms. The SMILES string of the molecule is Nc1c(NNC(=O)c2cccnc2)ncnc1Nc1cc(C(F)(F)F)ccc1Cl. The highest BCUT2D eigenvalue weighted by Crippen LogP contribution is 2.35. The summed E-state index contributed by atoms with van der Waals surface area (Å²) in [4.78, 5) is 23.7. The predicted molar refractivity (Wildman–Crippen MR) is 102 cm³/mol. The number of rotatable bonds is 5. The highest BCUT2D eigenvalue weighted by molar-refractivity contribution is 6.33. The lowest BCUT2D eigenvalue weighted by Crippen LogP contribution is -2.30. The van der Waals surface area contributed by atoms with Crippen LogP contribution in [0.4, 0.5) is 36.2 Å². The summed E-state index contributed by atoms with van der Waals surface area (Å²) < 4.78 is 38.8. The molecule has 0 saturated carbocycles. The normalized spacial score (nSPS) is 11.0. The van der Waals surface area contributed by atoms with Gasteiger partial charge in [0.1, 0.15) is 12.0 Å². The van der Waals surface area contributed by atoms with Gasteiger partial charge < -0.3 is 11.1 Å². The zero-order valence-corrected chi connectivity index (χ0v) is 15.2. The molecule has 3 aromatic rings. The maximum atomic E-state index is 12.9. The van der Waals surface area contributed by atoms with Crippen molar-refractivity contribution < 1.29 is 18.0 Å². The number of carbonyl (C=O) groups is 1. The molecule has 0 bridgehead atoms. The van der Waals surface area contributed by atoms with Crippen LogP contribution in [0, 0.1) is 0 Å². The quantitative estimate of drug-likeness (QED) is 0.463. The van der Waals surface area contributed by atoms with Crippen molar-refractivity contribution in [3.8, 4) is 0 Å². The molecule has 0 atom stereocenters. The molecule has 2 heterocycles. The second kappa shape index (κ2) is 8.19. The molecule has 0 radical (unpaired) electrons. The zero-order chi connectivity index (χ0) is 21.0. The topological polar surface area (TPSA) is 118 Å². The van der Waals surface area contributed by atoms with E-state index in [4.69, 9.17) is 17.3 Å². The van der Waals surface area contributed by atoms with E-state index in [9.17, 15) is 18.0 Å².